The summed E-state index contributed by atoms with van der Waals surface area (Å²) in [6, 6.07) is 7.68. The van der Waals surface area contributed by atoms with E-state index in [0.29, 0.717) is 6.42 Å². The van der Waals surface area contributed by atoms with Gasteiger partial charge in [0.2, 0.25) is 0 Å². The fraction of sp³-hybridized carbons (Fsp3) is 0.760. The van der Waals surface area contributed by atoms with Crippen molar-refractivity contribution in [1.29, 1.82) is 0 Å². The van der Waals surface area contributed by atoms with E-state index < -0.39 is 25.3 Å². The first kappa shape index (κ1) is 25.9. The summed E-state index contributed by atoms with van der Waals surface area (Å²) in [5.74, 6) is 0.857. The van der Waals surface area contributed by atoms with Gasteiger partial charge in [0.1, 0.15) is 0 Å². The van der Waals surface area contributed by atoms with Crippen LogP contribution in [0.4, 0.5) is 17.6 Å². The van der Waals surface area contributed by atoms with E-state index in [0.717, 1.165) is 48.3 Å². The third-order valence-corrected chi connectivity index (χ3v) is 13.2. The van der Waals surface area contributed by atoms with Crippen LogP contribution in [-0.2, 0) is 6.42 Å². The Labute approximate surface area is 196 Å². The number of alkyl halides is 3. The van der Waals surface area contributed by atoms with Crippen molar-refractivity contribution in [3.05, 3.63) is 29.6 Å². The number of unbranched alkanes of at least 4 members (excludes halogenated alkanes) is 1. The first-order valence-electron chi connectivity index (χ1n) is 12.4. The van der Waals surface area contributed by atoms with Gasteiger partial charge in [-0.05, 0) is 79.3 Å². The average molecular weight is 493 g/mol. The lowest BCUT2D eigenvalue weighted by Crippen LogP contribution is -2.35. The Morgan fingerprint density at radius 1 is 1.00 bits per heavy atom. The third kappa shape index (κ3) is 7.93. The van der Waals surface area contributed by atoms with Crippen molar-refractivity contribution in [2.24, 2.45) is 17.8 Å². The van der Waals surface area contributed by atoms with Crippen LogP contribution in [0.2, 0.25) is 18.1 Å². The molecular formula is C25H37ClF4OSi. The van der Waals surface area contributed by atoms with Gasteiger partial charge in [-0.15, -0.1) is 13.2 Å². The predicted molar refractivity (Wildman–Crippen MR) is 125 cm³/mol. The lowest BCUT2D eigenvalue weighted by molar-refractivity contribution is -0.275. The summed E-state index contributed by atoms with van der Waals surface area (Å²) in [4.78, 5) is 0. The number of ether oxygens (including phenoxy) is 1. The van der Waals surface area contributed by atoms with Gasteiger partial charge in [-0.2, -0.15) is 11.1 Å². The maximum atomic E-state index is 13.8. The van der Waals surface area contributed by atoms with Crippen molar-refractivity contribution in [3.8, 4) is 5.75 Å². The highest BCUT2D eigenvalue weighted by atomic mass is 35.6. The molecule has 0 radical (unpaired) electrons. The van der Waals surface area contributed by atoms with Crippen LogP contribution in [0, 0.1) is 23.6 Å². The standard InChI is InChI=1S/C25H37ClF4OSi/c1-2-15-32(26)16-13-22(14-17-32)21-10-7-19(8-11-21)5-3-4-6-20-9-12-24(23(27)18-20)31-25(28,29)30/h9,12,18-19,21-22H,2-8,10-11,13-17H2,1H3. The lowest BCUT2D eigenvalue weighted by atomic mass is 9.73. The molecule has 0 aromatic heterocycles. The highest BCUT2D eigenvalue weighted by Crippen LogP contribution is 2.45. The Hall–Kier alpha value is -0.753. The van der Waals surface area contributed by atoms with Gasteiger partial charge in [0.25, 0.3) is 0 Å². The average Bonchev–Trinajstić information content (AvgIpc) is 2.73. The minimum Gasteiger partial charge on any atom is -0.403 e. The molecular weight excluding hydrogens is 456 g/mol. The summed E-state index contributed by atoms with van der Waals surface area (Å²) in [7, 11) is -1.43. The van der Waals surface area contributed by atoms with Crippen molar-refractivity contribution in [1.82, 2.24) is 0 Å². The molecule has 3 rings (SSSR count). The topological polar surface area (TPSA) is 9.23 Å². The minimum atomic E-state index is -4.87. The fourth-order valence-corrected chi connectivity index (χ4v) is 10.6. The van der Waals surface area contributed by atoms with Crippen LogP contribution in [0.5, 0.6) is 5.75 Å². The number of aryl methyl sites for hydroxylation is 1. The molecule has 0 atom stereocenters. The van der Waals surface area contributed by atoms with E-state index in [1.807, 2.05) is 0 Å². The second-order valence-electron chi connectivity index (χ2n) is 10.1. The molecule has 1 aromatic carbocycles. The van der Waals surface area contributed by atoms with E-state index in [1.54, 1.807) is 0 Å². The van der Waals surface area contributed by atoms with Crippen LogP contribution in [-0.4, -0.2) is 13.7 Å². The van der Waals surface area contributed by atoms with E-state index in [1.165, 1.54) is 75.6 Å². The molecule has 0 amide bonds. The molecule has 2 fully saturated rings. The monoisotopic (exact) mass is 492 g/mol. The Morgan fingerprint density at radius 3 is 2.25 bits per heavy atom. The smallest absolute Gasteiger partial charge is 0.403 e. The first-order chi connectivity index (χ1) is 15.2. The summed E-state index contributed by atoms with van der Waals surface area (Å²) in [6.07, 6.45) is 8.31. The van der Waals surface area contributed by atoms with Gasteiger partial charge in [-0.1, -0.05) is 57.9 Å². The van der Waals surface area contributed by atoms with Crippen LogP contribution in [0.1, 0.15) is 76.7 Å². The largest absolute Gasteiger partial charge is 0.573 e. The predicted octanol–water partition coefficient (Wildman–Crippen LogP) is 9.25. The highest BCUT2D eigenvalue weighted by molar-refractivity contribution is 7.20. The van der Waals surface area contributed by atoms with Gasteiger partial charge in [0.15, 0.2) is 19.0 Å². The van der Waals surface area contributed by atoms with E-state index >= 15 is 0 Å². The molecule has 182 valence electrons. The molecule has 1 saturated carbocycles. The van der Waals surface area contributed by atoms with Crippen LogP contribution in [0.25, 0.3) is 0 Å². The second-order valence-corrected chi connectivity index (χ2v) is 16.3. The van der Waals surface area contributed by atoms with E-state index in [-0.39, 0.29) is 0 Å². The lowest BCUT2D eigenvalue weighted by Gasteiger charge is -2.40. The van der Waals surface area contributed by atoms with Gasteiger partial charge in [0.05, 0.1) is 0 Å². The molecule has 1 nitrogen and oxygen atoms in total. The van der Waals surface area contributed by atoms with Crippen LogP contribution in [0.15, 0.2) is 18.2 Å². The van der Waals surface area contributed by atoms with E-state index in [2.05, 4.69) is 11.7 Å². The summed E-state index contributed by atoms with van der Waals surface area (Å²) in [6.45, 7) is 2.26. The van der Waals surface area contributed by atoms with Crippen molar-refractivity contribution < 1.29 is 22.3 Å². The zero-order valence-electron chi connectivity index (χ0n) is 19.2. The summed E-state index contributed by atoms with van der Waals surface area (Å²) in [5, 5.41) is 0. The molecule has 0 spiro atoms. The second kappa shape index (κ2) is 11.6. The van der Waals surface area contributed by atoms with Gasteiger partial charge in [0, 0.05) is 0 Å². The van der Waals surface area contributed by atoms with Crippen LogP contribution in [0.3, 0.4) is 0 Å². The van der Waals surface area contributed by atoms with Crippen molar-refractivity contribution in [2.45, 2.75) is 102 Å². The Morgan fingerprint density at radius 2 is 1.66 bits per heavy atom. The molecule has 32 heavy (non-hydrogen) atoms. The van der Waals surface area contributed by atoms with Crippen molar-refractivity contribution >= 4 is 18.5 Å². The molecule has 1 aliphatic heterocycles. The number of hydrogen-bond acceptors (Lipinski definition) is 1. The van der Waals surface area contributed by atoms with Gasteiger partial charge < -0.3 is 4.74 Å². The minimum absolute atomic E-state index is 0.683. The van der Waals surface area contributed by atoms with E-state index in [9.17, 15) is 17.6 Å². The number of halogens is 5. The summed E-state index contributed by atoms with van der Waals surface area (Å²) in [5.41, 5.74) is 0.722. The molecule has 7 heteroatoms. The van der Waals surface area contributed by atoms with E-state index in [4.69, 9.17) is 11.1 Å². The maximum Gasteiger partial charge on any atom is 0.573 e. The molecule has 1 heterocycles. The van der Waals surface area contributed by atoms with Crippen LogP contribution < -0.4 is 4.74 Å². The normalized spacial score (nSPS) is 29.1. The molecule has 0 bridgehead atoms. The van der Waals surface area contributed by atoms with Gasteiger partial charge >= 0.3 is 6.36 Å². The number of rotatable bonds is 9. The Kier molecular flexibility index (Phi) is 9.37. The quantitative estimate of drug-likeness (QED) is 0.144. The Bertz CT molecular complexity index is 710. The van der Waals surface area contributed by atoms with Crippen molar-refractivity contribution in [3.63, 3.8) is 0 Å². The molecule has 1 saturated heterocycles. The highest BCUT2D eigenvalue weighted by Gasteiger charge is 2.38. The number of hydrogen-bond donors (Lipinski definition) is 0. The molecule has 1 aliphatic carbocycles. The number of benzene rings is 1. The van der Waals surface area contributed by atoms with Crippen molar-refractivity contribution in [2.75, 3.05) is 0 Å². The zero-order valence-corrected chi connectivity index (χ0v) is 20.9. The molecule has 1 aromatic rings. The first-order valence-corrected chi connectivity index (χ1v) is 16.0. The maximum absolute atomic E-state index is 13.8. The molecule has 0 N–H and O–H groups in total. The van der Waals surface area contributed by atoms with Gasteiger partial charge in [-0.25, -0.2) is 4.39 Å². The van der Waals surface area contributed by atoms with Gasteiger partial charge in [-0.3, -0.25) is 0 Å². The Balaban J connectivity index is 1.32. The SMILES string of the molecule is CCC[Si]1(Cl)CCC(C2CCC(CCCCc3ccc(OC(F)(F)F)c(F)c3)CC2)CC1. The summed E-state index contributed by atoms with van der Waals surface area (Å²) >= 11 is 6.93. The zero-order chi connectivity index (χ0) is 23.2. The third-order valence-electron chi connectivity index (χ3n) is 7.73. The molecule has 2 aliphatic rings. The summed E-state index contributed by atoms with van der Waals surface area (Å²) < 4.78 is 54.2. The molecule has 0 unspecified atom stereocenters. The fourth-order valence-electron chi connectivity index (χ4n) is 5.94. The van der Waals surface area contributed by atoms with Crippen LogP contribution >= 0.6 is 11.1 Å².